The number of ether oxygens (including phenoxy) is 5. The number of amides is 3. The number of carbonyl (C=O) groups excluding carboxylic acids is 4. The predicted octanol–water partition coefficient (Wildman–Crippen LogP) is 5.02. The van der Waals surface area contributed by atoms with Crippen molar-refractivity contribution in [2.45, 2.75) is 103 Å². The fourth-order valence-electron chi connectivity index (χ4n) is 6.61. The van der Waals surface area contributed by atoms with Gasteiger partial charge in [0, 0.05) is 39.1 Å². The van der Waals surface area contributed by atoms with E-state index in [2.05, 4.69) is 5.32 Å². The summed E-state index contributed by atoms with van der Waals surface area (Å²) < 4.78 is 42.8. The molecular formula is C39H52ClFN4O10. The molecule has 302 valence electrons. The standard InChI is InChI=1S/C39H52ClFN4O10/c1-11-20(2)14-24-15-28(33(40)29(16-24)52-10)45(8)32(46)18-31(54-36(48)22(4)44(7)35(47)25-12-13-27(42)26(41)17-25)38(6)34(55-38)21(3)30-19-39(50,23(5)51-9)43-37(49)53-30/h11-13,15-17,21-23,30-31,34,50H,14,18-19,42H2,1-10H3,(H,43,49)/b20-11+/t21-,22+,23-,30+,31+,34+,38+,39+/m1/s1. The van der Waals surface area contributed by atoms with Crippen LogP contribution < -0.4 is 20.7 Å². The molecule has 0 unspecified atom stereocenters. The van der Waals surface area contributed by atoms with Crippen molar-refractivity contribution >= 4 is 46.9 Å². The lowest BCUT2D eigenvalue weighted by atomic mass is 9.84. The van der Waals surface area contributed by atoms with Crippen LogP contribution in [0, 0.1) is 11.7 Å². The van der Waals surface area contributed by atoms with Crippen molar-refractivity contribution in [3.8, 4) is 5.75 Å². The van der Waals surface area contributed by atoms with Crippen molar-refractivity contribution in [3.63, 3.8) is 0 Å². The van der Waals surface area contributed by atoms with E-state index in [-0.39, 0.29) is 29.1 Å². The summed E-state index contributed by atoms with van der Waals surface area (Å²) in [4.78, 5) is 56.2. The third kappa shape index (κ3) is 9.34. The van der Waals surface area contributed by atoms with Gasteiger partial charge >= 0.3 is 12.1 Å². The molecule has 14 nitrogen and oxygen atoms in total. The predicted molar refractivity (Wildman–Crippen MR) is 203 cm³/mol. The Bertz CT molecular complexity index is 1830. The number of halogens is 2. The third-order valence-corrected chi connectivity index (χ3v) is 11.2. The Morgan fingerprint density at radius 1 is 1.18 bits per heavy atom. The molecule has 4 rings (SSSR count). The van der Waals surface area contributed by atoms with E-state index in [0.717, 1.165) is 22.1 Å². The summed E-state index contributed by atoms with van der Waals surface area (Å²) in [6.07, 6.45) is -2.30. The maximum atomic E-state index is 14.2. The van der Waals surface area contributed by atoms with Gasteiger partial charge in [-0.15, -0.1) is 0 Å². The molecule has 0 aliphatic carbocycles. The summed E-state index contributed by atoms with van der Waals surface area (Å²) in [5.41, 5.74) is 4.67. The van der Waals surface area contributed by atoms with E-state index in [1.165, 1.54) is 52.3 Å². The van der Waals surface area contributed by atoms with E-state index >= 15 is 0 Å². The minimum atomic E-state index is -1.74. The fraction of sp³-hybridized carbons (Fsp3) is 0.538. The van der Waals surface area contributed by atoms with Crippen molar-refractivity contribution in [2.24, 2.45) is 5.92 Å². The molecule has 4 N–H and O–H groups in total. The van der Waals surface area contributed by atoms with Crippen molar-refractivity contribution in [1.29, 1.82) is 0 Å². The lowest BCUT2D eigenvalue weighted by molar-refractivity contribution is -0.158. The van der Waals surface area contributed by atoms with Gasteiger partial charge in [0.1, 0.15) is 46.5 Å². The molecule has 16 heteroatoms. The molecule has 0 spiro atoms. The lowest BCUT2D eigenvalue weighted by Crippen LogP contribution is -2.63. The molecule has 2 heterocycles. The Morgan fingerprint density at radius 3 is 2.45 bits per heavy atom. The number of alkyl carbamates (subject to hydrolysis) is 1. The highest BCUT2D eigenvalue weighted by atomic mass is 35.5. The van der Waals surface area contributed by atoms with Crippen molar-refractivity contribution in [2.75, 3.05) is 38.9 Å². The summed E-state index contributed by atoms with van der Waals surface area (Å²) in [6.45, 7) is 10.4. The molecule has 2 aromatic carbocycles. The van der Waals surface area contributed by atoms with Crippen molar-refractivity contribution < 1.29 is 52.4 Å². The molecule has 0 bridgehead atoms. The molecule has 0 saturated carbocycles. The number of methoxy groups -OCH3 is 2. The highest BCUT2D eigenvalue weighted by molar-refractivity contribution is 6.35. The average molecular weight is 791 g/mol. The Hall–Kier alpha value is -4.44. The van der Waals surface area contributed by atoms with Crippen LogP contribution in [-0.2, 0) is 35.0 Å². The number of rotatable bonds is 15. The summed E-state index contributed by atoms with van der Waals surface area (Å²) >= 11 is 6.72. The Morgan fingerprint density at radius 2 is 1.85 bits per heavy atom. The van der Waals surface area contributed by atoms with Crippen LogP contribution in [0.15, 0.2) is 42.0 Å². The quantitative estimate of drug-likeness (QED) is 0.0954. The summed E-state index contributed by atoms with van der Waals surface area (Å²) in [6, 6.07) is 5.96. The number of esters is 1. The number of benzene rings is 2. The van der Waals surface area contributed by atoms with Gasteiger partial charge < -0.3 is 44.3 Å². The van der Waals surface area contributed by atoms with Gasteiger partial charge in [-0.25, -0.2) is 14.0 Å². The van der Waals surface area contributed by atoms with Crippen molar-refractivity contribution in [3.05, 3.63) is 63.9 Å². The van der Waals surface area contributed by atoms with Gasteiger partial charge in [-0.1, -0.05) is 30.2 Å². The smallest absolute Gasteiger partial charge is 0.409 e. The molecule has 0 aromatic heterocycles. The Balaban J connectivity index is 1.64. The van der Waals surface area contributed by atoms with Crippen LogP contribution in [0.2, 0.25) is 5.02 Å². The first kappa shape index (κ1) is 43.3. The maximum absolute atomic E-state index is 14.2. The van der Waals surface area contributed by atoms with E-state index < -0.39 is 77.4 Å². The second kappa shape index (κ2) is 17.1. The largest absolute Gasteiger partial charge is 0.495 e. The summed E-state index contributed by atoms with van der Waals surface area (Å²) in [5, 5.41) is 13.8. The second-order valence-electron chi connectivity index (χ2n) is 14.5. The molecule has 2 aliphatic heterocycles. The first-order valence-electron chi connectivity index (χ1n) is 17.9. The number of hydrogen-bond donors (Lipinski definition) is 3. The first-order valence-corrected chi connectivity index (χ1v) is 18.3. The van der Waals surface area contributed by atoms with E-state index in [4.69, 9.17) is 41.0 Å². The van der Waals surface area contributed by atoms with Gasteiger partial charge in [0.15, 0.2) is 5.72 Å². The number of hydrogen-bond acceptors (Lipinski definition) is 11. The van der Waals surface area contributed by atoms with Gasteiger partial charge in [-0.2, -0.15) is 0 Å². The minimum absolute atomic E-state index is 0.0352. The first-order chi connectivity index (χ1) is 25.7. The minimum Gasteiger partial charge on any atom is -0.495 e. The SMILES string of the molecule is C/C=C(\C)Cc1cc(OC)c(Cl)c(N(C)C(=O)C[C@H](OC(=O)[C@H](C)N(C)C(=O)c2ccc(N)c(F)c2)[C@]2(C)O[C@H]2[C@H](C)[C@@H]2C[C@](O)([C@@H](C)OC)NC(=O)O2)c1. The van der Waals surface area contributed by atoms with Gasteiger partial charge in [0.2, 0.25) is 5.91 Å². The van der Waals surface area contributed by atoms with E-state index in [0.29, 0.717) is 17.9 Å². The Kier molecular flexibility index (Phi) is 13.5. The van der Waals surface area contributed by atoms with Gasteiger partial charge in [-0.3, -0.25) is 14.9 Å². The number of cyclic esters (lactones) is 1. The zero-order valence-electron chi connectivity index (χ0n) is 32.9. The number of epoxide rings is 1. The summed E-state index contributed by atoms with van der Waals surface area (Å²) in [7, 11) is 5.78. The molecular weight excluding hydrogens is 739 g/mol. The molecule has 2 aliphatic rings. The fourth-order valence-corrected chi connectivity index (χ4v) is 6.92. The van der Waals surface area contributed by atoms with E-state index in [1.807, 2.05) is 19.9 Å². The van der Waals surface area contributed by atoms with E-state index in [9.17, 15) is 28.7 Å². The number of likely N-dealkylation sites (N-methyl/N-ethyl adjacent to an activating group) is 1. The number of nitrogens with two attached hydrogens (primary N) is 1. The van der Waals surface area contributed by atoms with Crippen LogP contribution in [0.3, 0.4) is 0 Å². The van der Waals surface area contributed by atoms with Crippen LogP contribution in [0.4, 0.5) is 20.6 Å². The second-order valence-corrected chi connectivity index (χ2v) is 14.9. The number of nitrogen functional groups attached to an aromatic ring is 1. The van der Waals surface area contributed by atoms with Crippen LogP contribution in [-0.4, -0.2) is 104 Å². The number of aliphatic hydroxyl groups is 1. The summed E-state index contributed by atoms with van der Waals surface area (Å²) in [5.74, 6) is -3.00. The monoisotopic (exact) mass is 790 g/mol. The molecule has 2 aromatic rings. The number of nitrogens with zero attached hydrogens (tertiary/aromatic N) is 2. The van der Waals surface area contributed by atoms with Gasteiger partial charge in [0.25, 0.3) is 5.91 Å². The molecule has 0 radical (unpaired) electrons. The van der Waals surface area contributed by atoms with Crippen LogP contribution in [0.25, 0.3) is 0 Å². The maximum Gasteiger partial charge on any atom is 0.409 e. The van der Waals surface area contributed by atoms with Crippen molar-refractivity contribution in [1.82, 2.24) is 10.2 Å². The molecule has 2 saturated heterocycles. The topological polar surface area (TPSA) is 182 Å². The molecule has 8 atom stereocenters. The number of nitrogens with one attached hydrogen (secondary N) is 1. The van der Waals surface area contributed by atoms with Crippen LogP contribution in [0.1, 0.15) is 70.3 Å². The lowest BCUT2D eigenvalue weighted by Gasteiger charge is -2.41. The van der Waals surface area contributed by atoms with Crippen LogP contribution in [0.5, 0.6) is 5.75 Å². The zero-order chi connectivity index (χ0) is 41.2. The number of allylic oxidation sites excluding steroid dienone is 2. The Labute approximate surface area is 326 Å². The van der Waals surface area contributed by atoms with Crippen LogP contribution >= 0.6 is 11.6 Å². The van der Waals surface area contributed by atoms with Gasteiger partial charge in [0.05, 0.1) is 31.0 Å². The molecule has 3 amide bonds. The molecule has 2 fully saturated rings. The normalized spacial score (nSPS) is 24.4. The number of anilines is 2. The van der Waals surface area contributed by atoms with Gasteiger partial charge in [-0.05, 0) is 76.9 Å². The zero-order valence-corrected chi connectivity index (χ0v) is 33.7. The number of carbonyl (C=O) groups is 4. The molecule has 55 heavy (non-hydrogen) atoms. The third-order valence-electron chi connectivity index (χ3n) is 10.8. The highest BCUT2D eigenvalue weighted by Gasteiger charge is 2.64. The highest BCUT2D eigenvalue weighted by Crippen LogP contribution is 2.49. The van der Waals surface area contributed by atoms with E-state index in [1.54, 1.807) is 32.9 Å². The average Bonchev–Trinajstić information content (AvgIpc) is 3.85.